The molecule has 0 fully saturated rings. The normalized spacial score (nSPS) is 15.7. The highest BCUT2D eigenvalue weighted by Gasteiger charge is 2.27. The van der Waals surface area contributed by atoms with Crippen LogP contribution in [0.4, 0.5) is 11.4 Å². The molecule has 1 aliphatic heterocycles. The van der Waals surface area contributed by atoms with Crippen molar-refractivity contribution in [3.63, 3.8) is 0 Å². The first-order chi connectivity index (χ1) is 12.0. The van der Waals surface area contributed by atoms with Crippen LogP contribution in [-0.4, -0.2) is 32.7 Å². The molecule has 0 saturated carbocycles. The van der Waals surface area contributed by atoms with E-state index in [0.717, 1.165) is 12.1 Å². The molecule has 0 spiro atoms. The van der Waals surface area contributed by atoms with E-state index in [0.29, 0.717) is 22.2 Å². The Hall–Kier alpha value is -2.40. The molecule has 1 unspecified atom stereocenters. The maximum atomic E-state index is 12.6. The molecule has 1 amide bonds. The molecule has 2 aromatic carbocycles. The summed E-state index contributed by atoms with van der Waals surface area (Å²) in [6, 6.07) is 11.8. The van der Waals surface area contributed by atoms with E-state index in [2.05, 4.69) is 29.3 Å². The Morgan fingerprint density at radius 3 is 2.68 bits per heavy atom. The number of carbonyl (C=O) groups excluding carboxylic acids is 1. The topological polar surface area (TPSA) is 50.8 Å². The molecule has 1 aliphatic rings. The zero-order valence-corrected chi connectivity index (χ0v) is 15.3. The molecule has 5 nitrogen and oxygen atoms in total. The smallest absolute Gasteiger partial charge is 0.244 e. The van der Waals surface area contributed by atoms with Gasteiger partial charge in [0.2, 0.25) is 5.91 Å². The fourth-order valence-corrected chi connectivity index (χ4v) is 3.40. The van der Waals surface area contributed by atoms with Gasteiger partial charge in [-0.3, -0.25) is 4.79 Å². The van der Waals surface area contributed by atoms with Crippen LogP contribution in [0.2, 0.25) is 5.02 Å². The van der Waals surface area contributed by atoms with Crippen LogP contribution in [0, 0.1) is 0 Å². The number of hydrogen-bond donors (Lipinski definition) is 1. The summed E-state index contributed by atoms with van der Waals surface area (Å²) in [6.45, 7) is 2.39. The summed E-state index contributed by atoms with van der Waals surface area (Å²) in [5.74, 6) is 0.859. The van der Waals surface area contributed by atoms with Gasteiger partial charge in [0, 0.05) is 23.9 Å². The van der Waals surface area contributed by atoms with E-state index in [1.807, 2.05) is 12.1 Å². The molecule has 0 saturated heterocycles. The predicted molar refractivity (Wildman–Crippen MR) is 100 cm³/mol. The van der Waals surface area contributed by atoms with Crippen molar-refractivity contribution in [3.05, 3.63) is 47.0 Å². The number of fused-ring (bicyclic) bond motifs is 1. The molecule has 0 aliphatic carbocycles. The van der Waals surface area contributed by atoms with E-state index in [1.165, 1.54) is 19.8 Å². The monoisotopic (exact) mass is 360 g/mol. The van der Waals surface area contributed by atoms with Crippen molar-refractivity contribution in [2.45, 2.75) is 19.4 Å². The number of carbonyl (C=O) groups is 1. The number of nitrogens with one attached hydrogen (secondary N) is 1. The lowest BCUT2D eigenvalue weighted by Gasteiger charge is -2.24. The number of nitrogens with zero attached hydrogens (tertiary/aromatic N) is 1. The lowest BCUT2D eigenvalue weighted by molar-refractivity contribution is -0.115. The standard InChI is InChI=1S/C19H21ClN2O3/c1-12-8-13-6-4-5-7-16(13)22(12)11-19(23)21-15-10-17(24-2)14(20)9-18(15)25-3/h4-7,9-10,12H,8,11H2,1-3H3,(H,21,23). The van der Waals surface area contributed by atoms with Gasteiger partial charge in [-0.2, -0.15) is 0 Å². The molecule has 0 aromatic heterocycles. The number of ether oxygens (including phenoxy) is 2. The maximum absolute atomic E-state index is 12.6. The zero-order chi connectivity index (χ0) is 18.0. The minimum Gasteiger partial charge on any atom is -0.495 e. The SMILES string of the molecule is COc1cc(NC(=O)CN2c3ccccc3CC2C)c(OC)cc1Cl. The van der Waals surface area contributed by atoms with Gasteiger partial charge in [0.05, 0.1) is 31.5 Å². The lowest BCUT2D eigenvalue weighted by atomic mass is 10.1. The quantitative estimate of drug-likeness (QED) is 0.882. The minimum absolute atomic E-state index is 0.119. The third kappa shape index (κ3) is 3.51. The summed E-state index contributed by atoms with van der Waals surface area (Å²) < 4.78 is 10.5. The molecule has 6 heteroatoms. The molecule has 2 aromatic rings. The van der Waals surface area contributed by atoms with E-state index in [4.69, 9.17) is 21.1 Å². The second-order valence-corrected chi connectivity index (χ2v) is 6.45. The van der Waals surface area contributed by atoms with E-state index in [1.54, 1.807) is 12.1 Å². The Kier molecular flexibility index (Phi) is 5.04. The lowest BCUT2D eigenvalue weighted by Crippen LogP contribution is -2.37. The molecule has 0 bridgehead atoms. The highest BCUT2D eigenvalue weighted by molar-refractivity contribution is 6.32. The van der Waals surface area contributed by atoms with Crippen LogP contribution in [0.25, 0.3) is 0 Å². The largest absolute Gasteiger partial charge is 0.495 e. The molecule has 3 rings (SSSR count). The van der Waals surface area contributed by atoms with Gasteiger partial charge in [0.25, 0.3) is 0 Å². The summed E-state index contributed by atoms with van der Waals surface area (Å²) in [4.78, 5) is 14.7. The van der Waals surface area contributed by atoms with Crippen LogP contribution in [0.1, 0.15) is 12.5 Å². The molecular formula is C19H21ClN2O3. The third-order valence-electron chi connectivity index (χ3n) is 4.41. The van der Waals surface area contributed by atoms with Gasteiger partial charge >= 0.3 is 0 Å². The average molecular weight is 361 g/mol. The van der Waals surface area contributed by atoms with Crippen molar-refractivity contribution in [3.8, 4) is 11.5 Å². The van der Waals surface area contributed by atoms with Crippen LogP contribution in [-0.2, 0) is 11.2 Å². The van der Waals surface area contributed by atoms with Gasteiger partial charge in [0.15, 0.2) is 0 Å². The average Bonchev–Trinajstić information content (AvgIpc) is 2.91. The van der Waals surface area contributed by atoms with Crippen molar-refractivity contribution < 1.29 is 14.3 Å². The van der Waals surface area contributed by atoms with Crippen molar-refractivity contribution in [2.24, 2.45) is 0 Å². The molecule has 0 radical (unpaired) electrons. The van der Waals surface area contributed by atoms with Gasteiger partial charge in [-0.15, -0.1) is 0 Å². The molecule has 25 heavy (non-hydrogen) atoms. The van der Waals surface area contributed by atoms with E-state index >= 15 is 0 Å². The van der Waals surface area contributed by atoms with Crippen molar-refractivity contribution in [1.82, 2.24) is 0 Å². The van der Waals surface area contributed by atoms with Crippen LogP contribution in [0.5, 0.6) is 11.5 Å². The molecule has 1 atom stereocenters. The van der Waals surface area contributed by atoms with Crippen molar-refractivity contribution in [2.75, 3.05) is 31.0 Å². The number of rotatable bonds is 5. The van der Waals surface area contributed by atoms with Gasteiger partial charge in [-0.1, -0.05) is 29.8 Å². The fraction of sp³-hybridized carbons (Fsp3) is 0.316. The highest BCUT2D eigenvalue weighted by Crippen LogP contribution is 2.36. The summed E-state index contributed by atoms with van der Waals surface area (Å²) in [6.07, 6.45) is 0.946. The van der Waals surface area contributed by atoms with Crippen LogP contribution >= 0.6 is 11.6 Å². The van der Waals surface area contributed by atoms with Crippen LogP contribution in [0.3, 0.4) is 0 Å². The summed E-state index contributed by atoms with van der Waals surface area (Å²) in [5, 5.41) is 3.33. The Morgan fingerprint density at radius 2 is 1.96 bits per heavy atom. The summed E-state index contributed by atoms with van der Waals surface area (Å²) >= 11 is 6.10. The number of benzene rings is 2. The molecule has 1 heterocycles. The van der Waals surface area contributed by atoms with Gasteiger partial charge in [-0.05, 0) is 25.0 Å². The predicted octanol–water partition coefficient (Wildman–Crippen LogP) is 3.75. The first-order valence-electron chi connectivity index (χ1n) is 8.09. The summed E-state index contributed by atoms with van der Waals surface area (Å²) in [7, 11) is 3.06. The van der Waals surface area contributed by atoms with Crippen molar-refractivity contribution in [1.29, 1.82) is 0 Å². The number of hydrogen-bond acceptors (Lipinski definition) is 4. The number of para-hydroxylation sites is 1. The second-order valence-electron chi connectivity index (χ2n) is 6.04. The molecular weight excluding hydrogens is 340 g/mol. The first-order valence-corrected chi connectivity index (χ1v) is 8.47. The van der Waals surface area contributed by atoms with Gasteiger partial charge < -0.3 is 19.7 Å². The number of amides is 1. The van der Waals surface area contributed by atoms with Crippen LogP contribution in [0.15, 0.2) is 36.4 Å². The third-order valence-corrected chi connectivity index (χ3v) is 4.71. The minimum atomic E-state index is -0.119. The molecule has 1 N–H and O–H groups in total. The Balaban J connectivity index is 1.77. The van der Waals surface area contributed by atoms with Crippen LogP contribution < -0.4 is 19.7 Å². The summed E-state index contributed by atoms with van der Waals surface area (Å²) in [5.41, 5.74) is 2.92. The number of halogens is 1. The Labute approximate surface area is 152 Å². The van der Waals surface area contributed by atoms with Gasteiger partial charge in [-0.25, -0.2) is 0 Å². The second kappa shape index (κ2) is 7.23. The Morgan fingerprint density at radius 1 is 1.24 bits per heavy atom. The zero-order valence-electron chi connectivity index (χ0n) is 14.5. The van der Waals surface area contributed by atoms with E-state index in [9.17, 15) is 4.79 Å². The fourth-order valence-electron chi connectivity index (χ4n) is 3.17. The Bertz CT molecular complexity index is 794. The van der Waals surface area contributed by atoms with E-state index in [-0.39, 0.29) is 18.5 Å². The number of anilines is 2. The number of methoxy groups -OCH3 is 2. The maximum Gasteiger partial charge on any atom is 0.244 e. The first kappa shape index (κ1) is 17.4. The van der Waals surface area contributed by atoms with E-state index < -0.39 is 0 Å². The highest BCUT2D eigenvalue weighted by atomic mass is 35.5. The van der Waals surface area contributed by atoms with Gasteiger partial charge in [0.1, 0.15) is 11.5 Å². The molecule has 132 valence electrons. The van der Waals surface area contributed by atoms with Crippen molar-refractivity contribution >= 4 is 28.9 Å².